The molecule has 6 aromatic rings. The average molecular weight is 1850 g/mol. The smallest absolute Gasteiger partial charge is 0.384 e. The molecule has 14 N–H and O–H groups in total. The number of Topliss-reactive ketones (excluding diaryl/α,β-unsaturated/α-hetero) is 4. The number of rotatable bonds is 61. The lowest BCUT2D eigenvalue weighted by Crippen LogP contribution is -2.43. The predicted octanol–water partition coefficient (Wildman–Crippen LogP) is 9.25. The number of amides is 6. The molecule has 1 aliphatic heterocycles. The summed E-state index contributed by atoms with van der Waals surface area (Å²) in [5, 5.41) is 26.0. The maximum Gasteiger partial charge on any atom is 0.471 e. The van der Waals surface area contributed by atoms with Crippen LogP contribution in [0.1, 0.15) is 197 Å². The van der Waals surface area contributed by atoms with E-state index < -0.39 is 97.9 Å². The van der Waals surface area contributed by atoms with Crippen LogP contribution in [0.3, 0.4) is 0 Å². The molecule has 0 saturated carbocycles. The van der Waals surface area contributed by atoms with Gasteiger partial charge in [0, 0.05) is 134 Å². The van der Waals surface area contributed by atoms with Crippen LogP contribution >= 0.6 is 0 Å². The van der Waals surface area contributed by atoms with Crippen molar-refractivity contribution in [2.75, 3.05) is 60.4 Å². The van der Waals surface area contributed by atoms with E-state index in [4.69, 9.17) is 47.0 Å². The van der Waals surface area contributed by atoms with E-state index >= 15 is 0 Å². The monoisotopic (exact) mass is 1850 g/mol. The largest absolute Gasteiger partial charge is 0.471 e. The van der Waals surface area contributed by atoms with E-state index in [1.54, 1.807) is 142 Å². The van der Waals surface area contributed by atoms with Crippen LogP contribution in [-0.4, -0.2) is 177 Å². The topological polar surface area (TPSA) is 503 Å². The van der Waals surface area contributed by atoms with Crippen LogP contribution in [-0.2, 0) is 147 Å². The molecular weight excluding hydrogens is 1730 g/mol. The minimum Gasteiger partial charge on any atom is -0.384 e. The van der Waals surface area contributed by atoms with Crippen LogP contribution in [0.25, 0.3) is 0 Å². The third kappa shape index (κ3) is 45.4. The SMILES string of the molecule is CCCCCC[C@@H](NS(=O)(=O)Cc1ccccc1)C(=O)C[C@@H](Cc1cccc(CNC(=O)C(F)(F)F)c1)C(=O)NCc1ccc(C(=N)N)cc1.COCCOCCCC(=O)CCC(=O)ON1C(=O)CCC1=O.COCCOCCNC(=O)CCC(=O)CCCCCC[C@@H](NS(=O)(=O)Cc1ccccc1)C(=O)C[C@@H](Cc1cccc(CN)c1)C(=O)NCc1ccc(C(=N)N)cc1. The molecule has 0 radical (unpaired) electrons. The van der Waals surface area contributed by atoms with Crippen molar-refractivity contribution in [2.24, 2.45) is 29.0 Å². The van der Waals surface area contributed by atoms with E-state index in [1.807, 2.05) is 36.5 Å². The van der Waals surface area contributed by atoms with Gasteiger partial charge in [-0.05, 0) is 83.0 Å². The van der Waals surface area contributed by atoms with Gasteiger partial charge in [0.1, 0.15) is 23.2 Å². The van der Waals surface area contributed by atoms with Crippen LogP contribution in [0.4, 0.5) is 13.2 Å². The summed E-state index contributed by atoms with van der Waals surface area (Å²) < 4.78 is 117. The van der Waals surface area contributed by atoms with E-state index in [-0.39, 0.29) is 137 Å². The number of alkyl halides is 3. The number of amidine groups is 2. The summed E-state index contributed by atoms with van der Waals surface area (Å²) >= 11 is 0. The Labute approximate surface area is 758 Å². The summed E-state index contributed by atoms with van der Waals surface area (Å²) in [6.07, 6.45) is 2.28. The Kier molecular flexibility index (Phi) is 50.4. The van der Waals surface area contributed by atoms with Gasteiger partial charge in [-0.2, -0.15) is 13.2 Å². The summed E-state index contributed by atoms with van der Waals surface area (Å²) in [5.41, 5.74) is 23.2. The molecule has 1 saturated heterocycles. The number of nitrogen functional groups attached to an aromatic ring is 2. The molecule has 0 aliphatic carbocycles. The molecule has 130 heavy (non-hydrogen) atoms. The van der Waals surface area contributed by atoms with E-state index in [0.717, 1.165) is 36.0 Å². The fraction of sp³-hybridized carbons (Fsp3) is 0.473. The van der Waals surface area contributed by atoms with E-state index in [1.165, 1.54) is 6.07 Å². The second-order valence-corrected chi connectivity index (χ2v) is 34.8. The number of hydrogen-bond acceptors (Lipinski definition) is 23. The van der Waals surface area contributed by atoms with Crippen LogP contribution in [0.15, 0.2) is 158 Å². The Hall–Kier alpha value is -11.2. The second kappa shape index (κ2) is 59.9. The number of ketones is 4. The van der Waals surface area contributed by atoms with Gasteiger partial charge in [0.2, 0.25) is 37.8 Å². The standard InChI is InChI=1S/C43H60N6O8S.C36H44F3N5O5S.C14H21NO7/c1-56-24-25-57-23-22-47-41(52)21-20-38(50)14-7-2-3-8-15-39(49-58(54,55)31-33-10-5-4-6-11-33)40(51)28-37(27-34-12-9-13-35(26-34)29-44)43(53)48-30-32-16-18-36(19-17-32)42(45)46;1-2-3-4-8-14-31(44-50(48,49)24-26-10-6-5-7-11-26)32(45)21-30(34(46)42-22-25-15-17-29(18-16-25)33(40)41)20-27-12-9-13-28(19-27)23-43-35(47)36(37,38)39;1-20-9-10-21-8-2-3-11(16)4-7-14(19)22-15-12(17)5-6-13(15)18/h4-6,9-13,16-19,26,37,39,49H,2-3,7-8,14-15,20-25,27-31,44H2,1H3,(H3,45,46)(H,47,52)(H,48,53);5-7,9-13,15-19,30-31,44H,2-4,8,14,20-24H2,1H3,(H3,40,41)(H,42,46)(H,43,47);2-10H2,1H3/t37-,39-;30-,31-;/m11./s1. The number of benzene rings is 6. The van der Waals surface area contributed by atoms with Crippen molar-refractivity contribution in [3.63, 3.8) is 0 Å². The average Bonchev–Trinajstić information content (AvgIpc) is 1.10. The number of carbonyl (C=O) groups is 11. The Balaban J connectivity index is 0.000000377. The predicted molar refractivity (Wildman–Crippen MR) is 483 cm³/mol. The number of sulfonamides is 2. The highest BCUT2D eigenvalue weighted by Crippen LogP contribution is 2.24. The molecule has 32 nitrogen and oxygen atoms in total. The van der Waals surface area contributed by atoms with Crippen LogP contribution in [0.5, 0.6) is 0 Å². The molecule has 0 unspecified atom stereocenters. The number of carbonyl (C=O) groups excluding carboxylic acids is 11. The molecule has 0 spiro atoms. The molecule has 4 atom stereocenters. The molecule has 6 amide bonds. The van der Waals surface area contributed by atoms with Gasteiger partial charge in [0.05, 0.1) is 63.0 Å². The summed E-state index contributed by atoms with van der Waals surface area (Å²) in [6, 6.07) is 42.5. The van der Waals surface area contributed by atoms with Crippen LogP contribution < -0.4 is 47.9 Å². The van der Waals surface area contributed by atoms with Crippen LogP contribution in [0.2, 0.25) is 0 Å². The quantitative estimate of drug-likeness (QED) is 0.00733. The maximum atomic E-state index is 14.1. The fourth-order valence-corrected chi connectivity index (χ4v) is 16.2. The lowest BCUT2D eigenvalue weighted by molar-refractivity contribution is -0.197. The first-order chi connectivity index (χ1) is 62.1. The van der Waals surface area contributed by atoms with E-state index in [2.05, 4.69) is 30.2 Å². The van der Waals surface area contributed by atoms with Gasteiger partial charge in [-0.1, -0.05) is 210 Å². The van der Waals surface area contributed by atoms with E-state index in [0.29, 0.717) is 148 Å². The minimum absolute atomic E-state index is 0.0115. The zero-order valence-electron chi connectivity index (χ0n) is 74.1. The van der Waals surface area contributed by atoms with Crippen molar-refractivity contribution >= 4 is 96.3 Å². The van der Waals surface area contributed by atoms with Gasteiger partial charge in [-0.3, -0.25) is 58.8 Å². The summed E-state index contributed by atoms with van der Waals surface area (Å²) in [7, 11) is -4.71. The number of hydroxylamine groups is 2. The normalized spacial score (nSPS) is 12.9. The third-order valence-electron chi connectivity index (χ3n) is 20.5. The lowest BCUT2D eigenvalue weighted by Gasteiger charge is -2.22. The number of nitrogens with one attached hydrogen (secondary N) is 8. The Morgan fingerprint density at radius 3 is 1.35 bits per heavy atom. The van der Waals surface area contributed by atoms with Crippen molar-refractivity contribution in [1.29, 1.82) is 10.8 Å². The molecule has 1 heterocycles. The van der Waals surface area contributed by atoms with Crippen LogP contribution in [0, 0.1) is 22.7 Å². The first kappa shape index (κ1) is 109. The first-order valence-electron chi connectivity index (χ1n) is 43.4. The summed E-state index contributed by atoms with van der Waals surface area (Å²) in [4.78, 5) is 141. The molecular formula is C93H125F3N12O20S2. The van der Waals surface area contributed by atoms with Crippen molar-refractivity contribution in [3.05, 3.63) is 213 Å². The zero-order chi connectivity index (χ0) is 95.3. The number of nitrogens with zero attached hydrogens (tertiary/aromatic N) is 1. The van der Waals surface area contributed by atoms with Gasteiger partial charge < -0.3 is 62.3 Å². The molecule has 6 aromatic carbocycles. The van der Waals surface area contributed by atoms with Gasteiger partial charge in [0.15, 0.2) is 11.6 Å². The van der Waals surface area contributed by atoms with E-state index in [9.17, 15) is 82.7 Å². The number of imide groups is 1. The van der Waals surface area contributed by atoms with Crippen molar-refractivity contribution in [3.8, 4) is 0 Å². The molecule has 1 aliphatic rings. The molecule has 710 valence electrons. The molecule has 37 heteroatoms. The molecule has 1 fully saturated rings. The summed E-state index contributed by atoms with van der Waals surface area (Å²) in [6.45, 7) is 5.30. The zero-order valence-corrected chi connectivity index (χ0v) is 75.7. The highest BCUT2D eigenvalue weighted by Gasteiger charge is 2.39. The molecule has 0 bridgehead atoms. The number of nitrogens with two attached hydrogens (primary N) is 3. The van der Waals surface area contributed by atoms with Crippen molar-refractivity contribution < 1.29 is 107 Å². The third-order valence-corrected chi connectivity index (χ3v) is 23.2. The first-order valence-corrected chi connectivity index (χ1v) is 46.7. The highest BCUT2D eigenvalue weighted by molar-refractivity contribution is 7.89. The number of methoxy groups -OCH3 is 2. The Morgan fingerprint density at radius 2 is 0.885 bits per heavy atom. The Morgan fingerprint density at radius 1 is 0.462 bits per heavy atom. The number of halogens is 3. The van der Waals surface area contributed by atoms with Crippen molar-refractivity contribution in [1.82, 2.24) is 35.8 Å². The van der Waals surface area contributed by atoms with Gasteiger partial charge in [0.25, 0.3) is 11.8 Å². The maximum absolute atomic E-state index is 14.1. The summed E-state index contributed by atoms with van der Waals surface area (Å²) in [5.74, 6) is -8.48. The van der Waals surface area contributed by atoms with Gasteiger partial charge in [-0.15, -0.1) is 5.06 Å². The lowest BCUT2D eigenvalue weighted by atomic mass is 9.89. The fourth-order valence-electron chi connectivity index (χ4n) is 13.4. The number of hydrogen-bond donors (Lipinski definition) is 11. The second-order valence-electron chi connectivity index (χ2n) is 31.2. The molecule has 7 rings (SSSR count). The van der Waals surface area contributed by atoms with Gasteiger partial charge >= 0.3 is 18.1 Å². The number of unbranched alkanes of at least 4 members (excludes halogenated alkanes) is 6. The minimum atomic E-state index is -5.04. The highest BCUT2D eigenvalue weighted by atomic mass is 32.2. The molecule has 0 aromatic heterocycles. The number of ether oxygens (including phenoxy) is 4. The Bertz CT molecular complexity index is 4830. The van der Waals surface area contributed by atoms with Gasteiger partial charge in [-0.25, -0.2) is 31.1 Å². The van der Waals surface area contributed by atoms with Crippen molar-refractivity contribution in [2.45, 2.75) is 211 Å².